The van der Waals surface area contributed by atoms with Crippen LogP contribution in [0.2, 0.25) is 0 Å². The smallest absolute Gasteiger partial charge is 0.116 e. The minimum atomic E-state index is 0.229. The number of nitrogen functional groups attached to an aromatic ring is 1. The van der Waals surface area contributed by atoms with E-state index in [4.69, 9.17) is 5.73 Å². The fourth-order valence-corrected chi connectivity index (χ4v) is 8.48. The molecule has 1 atom stereocenters. The highest BCUT2D eigenvalue weighted by Crippen LogP contribution is 2.44. The van der Waals surface area contributed by atoms with E-state index in [1.807, 2.05) is 48.5 Å². The molecule has 9 aromatic rings. The minimum Gasteiger partial charge on any atom is -0.508 e. The van der Waals surface area contributed by atoms with Gasteiger partial charge in [0.1, 0.15) is 11.5 Å². The first-order chi connectivity index (χ1) is 26.4. The number of aromatic nitrogens is 2. The van der Waals surface area contributed by atoms with E-state index < -0.39 is 0 Å². The average Bonchev–Trinajstić information content (AvgIpc) is 3.70. The molecule has 5 heteroatoms. The number of rotatable bonds is 5. The SMILES string of the molecule is CC1CC=CC=C1c1cc(-c2ccc3c(c2)c2cc(O)ccc2n3-c2ccccc2)cc(-c2ccc3c(c2)c2cc(O)ccc2n3-c2ccccc2)c1N. The number of benzene rings is 7. The molecule has 260 valence electrons. The standard InChI is InChI=1S/C49H37N3O2/c1-30-10-8-9-15-38(30)44-27-33(31-16-20-45-40(24-31)42-28-36(53)18-22-47(42)51(45)34-11-4-2-5-12-34)26-39(49(44)50)32-17-21-46-41(25-32)43-29-37(54)19-23-48(43)52(46)35-13-6-3-7-14-35/h2-9,11-30,53-54H,10,50H2,1H3. The van der Waals surface area contributed by atoms with Crippen LogP contribution in [-0.2, 0) is 0 Å². The van der Waals surface area contributed by atoms with Crippen LogP contribution < -0.4 is 5.73 Å². The predicted octanol–water partition coefficient (Wildman–Crippen LogP) is 12.2. The minimum absolute atomic E-state index is 0.229. The lowest BCUT2D eigenvalue weighted by atomic mass is 9.83. The summed E-state index contributed by atoms with van der Waals surface area (Å²) in [4.78, 5) is 0. The second-order valence-electron chi connectivity index (χ2n) is 14.4. The topological polar surface area (TPSA) is 76.3 Å². The maximum atomic E-state index is 10.6. The lowest BCUT2D eigenvalue weighted by molar-refractivity contribution is 0.475. The molecule has 7 aromatic carbocycles. The maximum absolute atomic E-state index is 10.6. The van der Waals surface area contributed by atoms with E-state index >= 15 is 0 Å². The largest absolute Gasteiger partial charge is 0.508 e. The van der Waals surface area contributed by atoms with Gasteiger partial charge in [-0.1, -0.05) is 73.7 Å². The van der Waals surface area contributed by atoms with Gasteiger partial charge in [0.25, 0.3) is 0 Å². The van der Waals surface area contributed by atoms with Crippen molar-refractivity contribution >= 4 is 54.9 Å². The predicted molar refractivity (Wildman–Crippen MR) is 225 cm³/mol. The van der Waals surface area contributed by atoms with Gasteiger partial charge in [-0.3, -0.25) is 0 Å². The molecule has 1 aliphatic rings. The number of para-hydroxylation sites is 2. The number of hydrogen-bond acceptors (Lipinski definition) is 3. The highest BCUT2D eigenvalue weighted by molar-refractivity contribution is 6.13. The zero-order valence-electron chi connectivity index (χ0n) is 29.7. The molecule has 0 aliphatic heterocycles. The highest BCUT2D eigenvalue weighted by atomic mass is 16.3. The van der Waals surface area contributed by atoms with Crippen molar-refractivity contribution < 1.29 is 10.2 Å². The third-order valence-corrected chi connectivity index (χ3v) is 11.1. The van der Waals surface area contributed by atoms with Crippen LogP contribution >= 0.6 is 0 Å². The summed E-state index contributed by atoms with van der Waals surface area (Å²) in [7, 11) is 0. The Morgan fingerprint density at radius 1 is 0.519 bits per heavy atom. The zero-order valence-corrected chi connectivity index (χ0v) is 29.7. The van der Waals surface area contributed by atoms with E-state index in [1.165, 1.54) is 5.57 Å². The summed E-state index contributed by atoms with van der Waals surface area (Å²) >= 11 is 0. The Morgan fingerprint density at radius 3 is 1.56 bits per heavy atom. The molecular weight excluding hydrogens is 663 g/mol. The summed E-state index contributed by atoms with van der Waals surface area (Å²) in [5, 5.41) is 25.3. The summed E-state index contributed by atoms with van der Waals surface area (Å²) in [6.07, 6.45) is 7.50. The van der Waals surface area contributed by atoms with Gasteiger partial charge in [-0.2, -0.15) is 0 Å². The Morgan fingerprint density at radius 2 is 1.00 bits per heavy atom. The lowest BCUT2D eigenvalue weighted by Gasteiger charge is -2.22. The molecule has 0 fully saturated rings. The molecule has 0 saturated carbocycles. The molecule has 0 spiro atoms. The van der Waals surface area contributed by atoms with Gasteiger partial charge in [0, 0.05) is 49.7 Å². The van der Waals surface area contributed by atoms with Crippen LogP contribution in [0.15, 0.2) is 164 Å². The number of aromatic hydroxyl groups is 2. The molecular formula is C49H37N3O2. The third-order valence-electron chi connectivity index (χ3n) is 11.1. The van der Waals surface area contributed by atoms with Gasteiger partial charge in [0.05, 0.1) is 22.1 Å². The maximum Gasteiger partial charge on any atom is 0.116 e. The van der Waals surface area contributed by atoms with Crippen LogP contribution in [-0.4, -0.2) is 19.3 Å². The zero-order chi connectivity index (χ0) is 36.5. The van der Waals surface area contributed by atoms with Crippen molar-refractivity contribution in [3.63, 3.8) is 0 Å². The van der Waals surface area contributed by atoms with Crippen LogP contribution in [0, 0.1) is 5.92 Å². The number of hydrogen-bond donors (Lipinski definition) is 3. The van der Waals surface area contributed by atoms with E-state index in [0.717, 1.165) is 94.9 Å². The Bertz CT molecular complexity index is 3000. The van der Waals surface area contributed by atoms with Gasteiger partial charge >= 0.3 is 0 Å². The van der Waals surface area contributed by atoms with Crippen LogP contribution in [0.3, 0.4) is 0 Å². The Kier molecular flexibility index (Phi) is 7.24. The molecule has 0 amide bonds. The molecule has 2 heterocycles. The van der Waals surface area contributed by atoms with Crippen molar-refractivity contribution in [1.82, 2.24) is 9.13 Å². The van der Waals surface area contributed by atoms with Gasteiger partial charge in [0.2, 0.25) is 0 Å². The molecule has 1 unspecified atom stereocenters. The Hall–Kier alpha value is -6.98. The normalized spacial score (nSPS) is 14.4. The average molecular weight is 700 g/mol. The monoisotopic (exact) mass is 699 g/mol. The first kappa shape index (κ1) is 31.7. The number of phenols is 2. The van der Waals surface area contributed by atoms with Gasteiger partial charge < -0.3 is 25.1 Å². The van der Waals surface area contributed by atoms with Crippen LogP contribution in [0.1, 0.15) is 18.9 Å². The quantitative estimate of drug-likeness (QED) is 0.157. The van der Waals surface area contributed by atoms with Crippen molar-refractivity contribution in [1.29, 1.82) is 0 Å². The summed E-state index contributed by atoms with van der Waals surface area (Å²) in [6, 6.07) is 49.5. The molecule has 2 aromatic heterocycles. The van der Waals surface area contributed by atoms with Crippen LogP contribution in [0.4, 0.5) is 5.69 Å². The van der Waals surface area contributed by atoms with E-state index in [1.54, 1.807) is 12.1 Å². The van der Waals surface area contributed by atoms with Crippen molar-refractivity contribution in [2.24, 2.45) is 5.92 Å². The Balaban J connectivity index is 1.22. The molecule has 5 nitrogen and oxygen atoms in total. The Labute approximate surface area is 312 Å². The number of phenolic OH excluding ortho intramolecular Hbond substituents is 2. The van der Waals surface area contributed by atoms with Crippen molar-refractivity contribution in [2.75, 3.05) is 5.73 Å². The number of allylic oxidation sites excluding steroid dienone is 4. The molecule has 1 aliphatic carbocycles. The number of fused-ring (bicyclic) bond motifs is 6. The van der Waals surface area contributed by atoms with E-state index in [2.05, 4.69) is 119 Å². The van der Waals surface area contributed by atoms with Gasteiger partial charge in [-0.15, -0.1) is 0 Å². The van der Waals surface area contributed by atoms with Gasteiger partial charge in [0.15, 0.2) is 0 Å². The summed E-state index contributed by atoms with van der Waals surface area (Å²) in [6.45, 7) is 2.26. The molecule has 10 rings (SSSR count). The highest BCUT2D eigenvalue weighted by Gasteiger charge is 2.22. The molecule has 0 bridgehead atoms. The third kappa shape index (κ3) is 5.01. The van der Waals surface area contributed by atoms with Crippen molar-refractivity contribution in [2.45, 2.75) is 13.3 Å². The van der Waals surface area contributed by atoms with Gasteiger partial charge in [-0.05, 0) is 132 Å². The lowest BCUT2D eigenvalue weighted by Crippen LogP contribution is -2.05. The van der Waals surface area contributed by atoms with Gasteiger partial charge in [-0.25, -0.2) is 0 Å². The van der Waals surface area contributed by atoms with E-state index in [0.29, 0.717) is 5.92 Å². The number of nitrogens with two attached hydrogens (primary N) is 1. The second kappa shape index (κ2) is 12.3. The van der Waals surface area contributed by atoms with Crippen molar-refractivity contribution in [3.8, 4) is 45.1 Å². The fourth-order valence-electron chi connectivity index (χ4n) is 8.48. The number of nitrogens with zero attached hydrogens (tertiary/aromatic N) is 2. The first-order valence-corrected chi connectivity index (χ1v) is 18.4. The molecule has 0 saturated heterocycles. The summed E-state index contributed by atoms with van der Waals surface area (Å²) in [5.41, 5.74) is 20.6. The fraction of sp³-hybridized carbons (Fsp3) is 0.0612. The molecule has 0 radical (unpaired) electrons. The molecule has 4 N–H and O–H groups in total. The summed E-state index contributed by atoms with van der Waals surface area (Å²) in [5.74, 6) is 0.775. The summed E-state index contributed by atoms with van der Waals surface area (Å²) < 4.78 is 4.51. The number of anilines is 1. The van der Waals surface area contributed by atoms with Crippen LogP contribution in [0.5, 0.6) is 11.5 Å². The first-order valence-electron chi connectivity index (χ1n) is 18.4. The van der Waals surface area contributed by atoms with Crippen molar-refractivity contribution in [3.05, 3.63) is 169 Å². The van der Waals surface area contributed by atoms with Crippen LogP contribution in [0.25, 0.3) is 82.8 Å². The second-order valence-corrected chi connectivity index (χ2v) is 14.4. The van der Waals surface area contributed by atoms with E-state index in [-0.39, 0.29) is 11.5 Å². The van der Waals surface area contributed by atoms with E-state index in [9.17, 15) is 10.2 Å². The molecule has 54 heavy (non-hydrogen) atoms.